The maximum absolute atomic E-state index is 12.1. The summed E-state index contributed by atoms with van der Waals surface area (Å²) in [5.74, 6) is -0.282. The van der Waals surface area contributed by atoms with Crippen molar-refractivity contribution in [2.75, 3.05) is 18.6 Å². The van der Waals surface area contributed by atoms with E-state index in [1.54, 1.807) is 24.1 Å². The van der Waals surface area contributed by atoms with Crippen LogP contribution in [0.3, 0.4) is 0 Å². The van der Waals surface area contributed by atoms with Crippen molar-refractivity contribution >= 4 is 17.4 Å². The van der Waals surface area contributed by atoms with Crippen molar-refractivity contribution in [1.82, 2.24) is 0 Å². The zero-order valence-electron chi connectivity index (χ0n) is 11.7. The Morgan fingerprint density at radius 1 is 1.15 bits per heavy atom. The second kappa shape index (κ2) is 5.37. The SMILES string of the molecule is COC1CCC(CN2C(=O)C(=O)c3ccccc32)CC1. The topological polar surface area (TPSA) is 46.6 Å². The number of para-hydroxylation sites is 1. The van der Waals surface area contributed by atoms with Gasteiger partial charge in [-0.05, 0) is 43.7 Å². The van der Waals surface area contributed by atoms with E-state index < -0.39 is 0 Å². The van der Waals surface area contributed by atoms with Gasteiger partial charge in [-0.1, -0.05) is 12.1 Å². The van der Waals surface area contributed by atoms with Crippen molar-refractivity contribution in [3.63, 3.8) is 0 Å². The smallest absolute Gasteiger partial charge is 0.299 e. The fraction of sp³-hybridized carbons (Fsp3) is 0.500. The summed E-state index contributed by atoms with van der Waals surface area (Å²) < 4.78 is 5.37. The normalized spacial score (nSPS) is 25.9. The van der Waals surface area contributed by atoms with E-state index in [9.17, 15) is 9.59 Å². The maximum atomic E-state index is 12.1. The van der Waals surface area contributed by atoms with Crippen LogP contribution in [0.4, 0.5) is 5.69 Å². The highest BCUT2D eigenvalue weighted by Gasteiger charge is 2.37. The van der Waals surface area contributed by atoms with Crippen molar-refractivity contribution in [3.8, 4) is 0 Å². The Hall–Kier alpha value is -1.68. The molecule has 0 unspecified atom stereocenters. The van der Waals surface area contributed by atoms with Gasteiger partial charge in [0, 0.05) is 13.7 Å². The molecule has 1 fully saturated rings. The van der Waals surface area contributed by atoms with E-state index in [2.05, 4.69) is 0 Å². The lowest BCUT2D eigenvalue weighted by Gasteiger charge is -2.30. The first-order chi connectivity index (χ1) is 9.70. The molecule has 0 N–H and O–H groups in total. The largest absolute Gasteiger partial charge is 0.381 e. The summed E-state index contributed by atoms with van der Waals surface area (Å²) in [6.45, 7) is 0.651. The van der Waals surface area contributed by atoms with Crippen molar-refractivity contribution < 1.29 is 14.3 Å². The predicted octanol–water partition coefficient (Wildman–Crippen LogP) is 2.42. The van der Waals surface area contributed by atoms with Crippen molar-refractivity contribution in [3.05, 3.63) is 29.8 Å². The first kappa shape index (κ1) is 13.3. The van der Waals surface area contributed by atoms with Crippen molar-refractivity contribution in [2.24, 2.45) is 5.92 Å². The van der Waals surface area contributed by atoms with Crippen LogP contribution in [0.25, 0.3) is 0 Å². The summed E-state index contributed by atoms with van der Waals surface area (Å²) in [4.78, 5) is 25.7. The minimum atomic E-state index is -0.375. The molecule has 0 radical (unpaired) electrons. The van der Waals surface area contributed by atoms with Crippen molar-refractivity contribution in [2.45, 2.75) is 31.8 Å². The van der Waals surface area contributed by atoms with E-state index in [1.165, 1.54) is 0 Å². The molecule has 1 saturated carbocycles. The van der Waals surface area contributed by atoms with E-state index >= 15 is 0 Å². The molecule has 1 aromatic rings. The maximum Gasteiger partial charge on any atom is 0.299 e. The number of benzene rings is 1. The summed E-state index contributed by atoms with van der Waals surface area (Å²) in [7, 11) is 1.75. The lowest BCUT2D eigenvalue weighted by molar-refractivity contribution is -0.114. The van der Waals surface area contributed by atoms with Crippen LogP contribution in [0.15, 0.2) is 24.3 Å². The third kappa shape index (κ3) is 2.24. The first-order valence-corrected chi connectivity index (χ1v) is 7.18. The van der Waals surface area contributed by atoms with Gasteiger partial charge in [0.1, 0.15) is 0 Å². The molecular weight excluding hydrogens is 254 g/mol. The lowest BCUT2D eigenvalue weighted by atomic mass is 9.87. The predicted molar refractivity (Wildman–Crippen MR) is 75.9 cm³/mol. The van der Waals surface area contributed by atoms with Gasteiger partial charge in [0.15, 0.2) is 0 Å². The Bertz CT molecular complexity index is 532. The number of ketones is 1. The first-order valence-electron chi connectivity index (χ1n) is 7.18. The molecule has 0 aromatic heterocycles. The average Bonchev–Trinajstić information content (AvgIpc) is 2.74. The summed E-state index contributed by atoms with van der Waals surface area (Å²) in [6.07, 6.45) is 4.55. The summed E-state index contributed by atoms with van der Waals surface area (Å²) >= 11 is 0. The van der Waals surface area contributed by atoms with Gasteiger partial charge in [0.2, 0.25) is 0 Å². The van der Waals surface area contributed by atoms with Gasteiger partial charge in [-0.25, -0.2) is 0 Å². The Morgan fingerprint density at radius 2 is 1.85 bits per heavy atom. The summed E-state index contributed by atoms with van der Waals surface area (Å²) in [5, 5.41) is 0. The molecule has 1 amide bonds. The standard InChI is InChI=1S/C16H19NO3/c1-20-12-8-6-11(7-9-12)10-17-14-5-3-2-4-13(14)15(18)16(17)19/h2-5,11-12H,6-10H2,1H3. The molecule has 0 atom stereocenters. The number of carbonyl (C=O) groups excluding carboxylic acids is 2. The van der Waals surface area contributed by atoms with Gasteiger partial charge in [-0.2, -0.15) is 0 Å². The Labute approximate surface area is 118 Å². The molecular formula is C16H19NO3. The van der Waals surface area contributed by atoms with Gasteiger partial charge >= 0.3 is 0 Å². The van der Waals surface area contributed by atoms with Gasteiger partial charge in [0.05, 0.1) is 17.4 Å². The molecule has 1 aliphatic carbocycles. The molecule has 1 heterocycles. The number of ether oxygens (including phenoxy) is 1. The number of hydrogen-bond donors (Lipinski definition) is 0. The average molecular weight is 273 g/mol. The molecule has 0 bridgehead atoms. The third-order valence-electron chi connectivity index (χ3n) is 4.45. The van der Waals surface area contributed by atoms with E-state index in [-0.39, 0.29) is 11.7 Å². The number of methoxy groups -OCH3 is 1. The summed E-state index contributed by atoms with van der Waals surface area (Å²) in [6, 6.07) is 7.27. The number of carbonyl (C=O) groups is 2. The lowest BCUT2D eigenvalue weighted by Crippen LogP contribution is -2.36. The zero-order chi connectivity index (χ0) is 14.1. The molecule has 106 valence electrons. The molecule has 1 aliphatic heterocycles. The number of nitrogens with zero attached hydrogens (tertiary/aromatic N) is 1. The Morgan fingerprint density at radius 3 is 2.55 bits per heavy atom. The number of fused-ring (bicyclic) bond motifs is 1. The van der Waals surface area contributed by atoms with Gasteiger partial charge < -0.3 is 9.64 Å². The van der Waals surface area contributed by atoms with E-state index in [1.807, 2.05) is 12.1 Å². The molecule has 4 heteroatoms. The van der Waals surface area contributed by atoms with Gasteiger partial charge in [-0.15, -0.1) is 0 Å². The van der Waals surface area contributed by atoms with Crippen LogP contribution >= 0.6 is 0 Å². The number of rotatable bonds is 3. The van der Waals surface area contributed by atoms with Crippen molar-refractivity contribution in [1.29, 1.82) is 0 Å². The van der Waals surface area contributed by atoms with Crippen LogP contribution < -0.4 is 4.90 Å². The van der Waals surface area contributed by atoms with Crippen LogP contribution in [0.5, 0.6) is 0 Å². The third-order valence-corrected chi connectivity index (χ3v) is 4.45. The molecule has 0 spiro atoms. The van der Waals surface area contributed by atoms with Crippen LogP contribution in [-0.2, 0) is 9.53 Å². The fourth-order valence-corrected chi connectivity index (χ4v) is 3.24. The van der Waals surface area contributed by atoms with Crippen LogP contribution in [0, 0.1) is 5.92 Å². The van der Waals surface area contributed by atoms with E-state index in [0.29, 0.717) is 24.1 Å². The number of anilines is 1. The highest BCUT2D eigenvalue weighted by Crippen LogP contribution is 2.32. The minimum absolute atomic E-state index is 0.356. The zero-order valence-corrected chi connectivity index (χ0v) is 11.7. The highest BCUT2D eigenvalue weighted by molar-refractivity contribution is 6.52. The van der Waals surface area contributed by atoms with E-state index in [0.717, 1.165) is 31.4 Å². The monoisotopic (exact) mass is 273 g/mol. The van der Waals surface area contributed by atoms with Crippen LogP contribution in [-0.4, -0.2) is 31.4 Å². The molecule has 2 aliphatic rings. The molecule has 20 heavy (non-hydrogen) atoms. The molecule has 3 rings (SSSR count). The second-order valence-corrected chi connectivity index (χ2v) is 5.64. The second-order valence-electron chi connectivity index (χ2n) is 5.64. The van der Waals surface area contributed by atoms with Crippen LogP contribution in [0.2, 0.25) is 0 Å². The molecule has 0 saturated heterocycles. The molecule has 4 nitrogen and oxygen atoms in total. The quantitative estimate of drug-likeness (QED) is 0.795. The highest BCUT2D eigenvalue weighted by atomic mass is 16.5. The van der Waals surface area contributed by atoms with Crippen LogP contribution in [0.1, 0.15) is 36.0 Å². The Balaban J connectivity index is 1.72. The fourth-order valence-electron chi connectivity index (χ4n) is 3.24. The molecule has 1 aromatic carbocycles. The minimum Gasteiger partial charge on any atom is -0.381 e. The van der Waals surface area contributed by atoms with Gasteiger partial charge in [0.25, 0.3) is 11.7 Å². The van der Waals surface area contributed by atoms with Gasteiger partial charge in [-0.3, -0.25) is 9.59 Å². The number of hydrogen-bond acceptors (Lipinski definition) is 3. The number of amides is 1. The number of Topliss-reactive ketones (excluding diaryl/α,β-unsaturated/α-hetero) is 1. The van der Waals surface area contributed by atoms with E-state index in [4.69, 9.17) is 4.74 Å². The summed E-state index contributed by atoms with van der Waals surface area (Å²) in [5.41, 5.74) is 1.32. The Kier molecular flexibility index (Phi) is 3.57.